The van der Waals surface area contributed by atoms with Crippen molar-refractivity contribution >= 4 is 27.3 Å². The molecule has 0 unspecified atom stereocenters. The van der Waals surface area contributed by atoms with Crippen LogP contribution in [0.15, 0.2) is 16.3 Å². The van der Waals surface area contributed by atoms with Crippen LogP contribution < -0.4 is 11.1 Å². The number of piperidine rings is 1. The van der Waals surface area contributed by atoms with Crippen LogP contribution in [-0.4, -0.2) is 44.3 Å². The zero-order valence-electron chi connectivity index (χ0n) is 11.3. The smallest absolute Gasteiger partial charge is 0.253 e. The zero-order chi connectivity index (χ0) is 15.5. The minimum absolute atomic E-state index is 0.0684. The van der Waals surface area contributed by atoms with Crippen molar-refractivity contribution in [3.8, 4) is 6.07 Å². The summed E-state index contributed by atoms with van der Waals surface area (Å²) in [5.41, 5.74) is 5.20. The maximum absolute atomic E-state index is 12.7. The number of hydrogen-bond acceptors (Lipinski definition) is 6. The van der Waals surface area contributed by atoms with E-state index in [-0.39, 0.29) is 16.8 Å². The van der Waals surface area contributed by atoms with E-state index in [1.807, 2.05) is 6.07 Å². The molecule has 0 spiro atoms. The van der Waals surface area contributed by atoms with Crippen LogP contribution in [0.25, 0.3) is 0 Å². The van der Waals surface area contributed by atoms with E-state index < -0.39 is 15.9 Å². The van der Waals surface area contributed by atoms with E-state index in [0.29, 0.717) is 30.8 Å². The Morgan fingerprint density at radius 2 is 2.14 bits per heavy atom. The maximum Gasteiger partial charge on any atom is 0.253 e. The summed E-state index contributed by atoms with van der Waals surface area (Å²) in [5, 5.41) is 12.0. The number of amides is 1. The third kappa shape index (κ3) is 3.59. The summed E-state index contributed by atoms with van der Waals surface area (Å²) in [6, 6.07) is 4.52. The number of primary amides is 1. The summed E-state index contributed by atoms with van der Waals surface area (Å²) in [6.45, 7) is 1.06. The fourth-order valence-electron chi connectivity index (χ4n) is 2.29. The van der Waals surface area contributed by atoms with Gasteiger partial charge in [0.05, 0.1) is 6.54 Å². The SMILES string of the molecule is N#Cc1ccc(S(=O)(=O)N(CC(N)=O)C2CCNCC2)s1. The van der Waals surface area contributed by atoms with Gasteiger partial charge in [-0.2, -0.15) is 9.57 Å². The normalized spacial score (nSPS) is 16.8. The molecule has 3 N–H and O–H groups in total. The fourth-order valence-corrected chi connectivity index (χ4v) is 5.18. The Labute approximate surface area is 127 Å². The first kappa shape index (κ1) is 15.9. The van der Waals surface area contributed by atoms with Gasteiger partial charge in [-0.1, -0.05) is 0 Å². The van der Waals surface area contributed by atoms with Gasteiger partial charge in [-0.15, -0.1) is 11.3 Å². The summed E-state index contributed by atoms with van der Waals surface area (Å²) in [4.78, 5) is 11.6. The molecule has 114 valence electrons. The van der Waals surface area contributed by atoms with Gasteiger partial charge in [0, 0.05) is 6.04 Å². The lowest BCUT2D eigenvalue weighted by atomic mass is 10.1. The average molecular weight is 328 g/mol. The molecule has 1 saturated heterocycles. The summed E-state index contributed by atoms with van der Waals surface area (Å²) >= 11 is 0.901. The second kappa shape index (κ2) is 6.53. The molecule has 0 saturated carbocycles. The van der Waals surface area contributed by atoms with Crippen molar-refractivity contribution in [3.05, 3.63) is 17.0 Å². The second-order valence-electron chi connectivity index (χ2n) is 4.73. The molecule has 1 amide bonds. The van der Waals surface area contributed by atoms with Gasteiger partial charge >= 0.3 is 0 Å². The molecular weight excluding hydrogens is 312 g/mol. The van der Waals surface area contributed by atoms with Crippen LogP contribution >= 0.6 is 11.3 Å². The zero-order valence-corrected chi connectivity index (χ0v) is 12.9. The number of rotatable bonds is 5. The van der Waals surface area contributed by atoms with E-state index in [9.17, 15) is 13.2 Å². The molecule has 9 heteroatoms. The number of nitrogens with one attached hydrogen (secondary N) is 1. The maximum atomic E-state index is 12.7. The van der Waals surface area contributed by atoms with Crippen molar-refractivity contribution in [1.29, 1.82) is 5.26 Å². The number of sulfonamides is 1. The highest BCUT2D eigenvalue weighted by Crippen LogP contribution is 2.27. The lowest BCUT2D eigenvalue weighted by molar-refractivity contribution is -0.118. The summed E-state index contributed by atoms with van der Waals surface area (Å²) in [6.07, 6.45) is 1.26. The van der Waals surface area contributed by atoms with Crippen LogP contribution in [0.5, 0.6) is 0 Å². The van der Waals surface area contributed by atoms with E-state index in [4.69, 9.17) is 11.0 Å². The first-order valence-electron chi connectivity index (χ1n) is 6.46. The lowest BCUT2D eigenvalue weighted by Crippen LogP contribution is -2.49. The van der Waals surface area contributed by atoms with Crippen molar-refractivity contribution < 1.29 is 13.2 Å². The number of carbonyl (C=O) groups is 1. The molecule has 1 fully saturated rings. The van der Waals surface area contributed by atoms with Gasteiger partial charge in [0.2, 0.25) is 5.91 Å². The molecule has 0 bridgehead atoms. The van der Waals surface area contributed by atoms with E-state index in [0.717, 1.165) is 11.3 Å². The molecule has 7 nitrogen and oxygen atoms in total. The van der Waals surface area contributed by atoms with E-state index >= 15 is 0 Å². The number of nitrogens with zero attached hydrogens (tertiary/aromatic N) is 2. The molecule has 1 aliphatic heterocycles. The first-order valence-corrected chi connectivity index (χ1v) is 8.71. The Morgan fingerprint density at radius 3 is 2.67 bits per heavy atom. The Hall–Kier alpha value is -1.47. The van der Waals surface area contributed by atoms with Gasteiger partial charge in [-0.25, -0.2) is 8.42 Å². The number of carbonyl (C=O) groups excluding carboxylic acids is 1. The van der Waals surface area contributed by atoms with Gasteiger partial charge in [0.15, 0.2) is 0 Å². The molecule has 2 rings (SSSR count). The quantitative estimate of drug-likeness (QED) is 0.779. The predicted molar refractivity (Wildman–Crippen MR) is 78.0 cm³/mol. The summed E-state index contributed by atoms with van der Waals surface area (Å²) in [5.74, 6) is -0.686. The highest BCUT2D eigenvalue weighted by atomic mass is 32.2. The van der Waals surface area contributed by atoms with Crippen molar-refractivity contribution in [1.82, 2.24) is 9.62 Å². The second-order valence-corrected chi connectivity index (χ2v) is 7.93. The van der Waals surface area contributed by atoms with Crippen molar-refractivity contribution in [2.45, 2.75) is 23.1 Å². The molecule has 1 aromatic heterocycles. The number of thiophene rings is 1. The molecule has 1 aliphatic rings. The Balaban J connectivity index is 2.33. The van der Waals surface area contributed by atoms with Crippen LogP contribution in [0.2, 0.25) is 0 Å². The first-order chi connectivity index (χ1) is 9.95. The van der Waals surface area contributed by atoms with Crippen LogP contribution in [0, 0.1) is 11.3 Å². The summed E-state index contributed by atoms with van der Waals surface area (Å²) < 4.78 is 26.6. The number of nitriles is 1. The topological polar surface area (TPSA) is 116 Å². The third-order valence-corrected chi connectivity index (χ3v) is 6.64. The van der Waals surface area contributed by atoms with Gasteiger partial charge in [-0.3, -0.25) is 4.79 Å². The number of hydrogen-bond donors (Lipinski definition) is 2. The highest BCUT2D eigenvalue weighted by molar-refractivity contribution is 7.91. The highest BCUT2D eigenvalue weighted by Gasteiger charge is 2.34. The molecule has 0 aliphatic carbocycles. The van der Waals surface area contributed by atoms with Crippen molar-refractivity contribution in [3.63, 3.8) is 0 Å². The van der Waals surface area contributed by atoms with Gasteiger partial charge in [0.25, 0.3) is 10.0 Å². The van der Waals surface area contributed by atoms with Crippen molar-refractivity contribution in [2.24, 2.45) is 5.73 Å². The van der Waals surface area contributed by atoms with Gasteiger partial charge in [-0.05, 0) is 38.1 Å². The largest absolute Gasteiger partial charge is 0.369 e. The number of nitrogens with two attached hydrogens (primary N) is 1. The van der Waals surface area contributed by atoms with E-state index in [1.165, 1.54) is 16.4 Å². The van der Waals surface area contributed by atoms with Crippen LogP contribution in [0.3, 0.4) is 0 Å². The molecule has 21 heavy (non-hydrogen) atoms. The minimum Gasteiger partial charge on any atom is -0.369 e. The third-order valence-electron chi connectivity index (χ3n) is 3.28. The Bertz CT molecular complexity index is 656. The van der Waals surface area contributed by atoms with Gasteiger partial charge in [0.1, 0.15) is 15.2 Å². The van der Waals surface area contributed by atoms with E-state index in [1.54, 1.807) is 0 Å². The standard InChI is InChI=1S/C12H16N4O3S2/c13-7-10-1-2-12(20-10)21(18,19)16(8-11(14)17)9-3-5-15-6-4-9/h1-2,9,15H,3-6,8H2,(H2,14,17). The Kier molecular flexibility index (Phi) is 4.95. The molecule has 0 atom stereocenters. The summed E-state index contributed by atoms with van der Waals surface area (Å²) in [7, 11) is -3.81. The predicted octanol–water partition coefficient (Wildman–Crippen LogP) is -0.152. The fraction of sp³-hybridized carbons (Fsp3) is 0.500. The van der Waals surface area contributed by atoms with Crippen LogP contribution in [0.1, 0.15) is 17.7 Å². The van der Waals surface area contributed by atoms with Gasteiger partial charge < -0.3 is 11.1 Å². The van der Waals surface area contributed by atoms with E-state index in [2.05, 4.69) is 5.32 Å². The monoisotopic (exact) mass is 328 g/mol. The molecule has 0 radical (unpaired) electrons. The Morgan fingerprint density at radius 1 is 1.48 bits per heavy atom. The molecular formula is C12H16N4O3S2. The average Bonchev–Trinajstić information content (AvgIpc) is 2.95. The molecule has 1 aromatic rings. The lowest BCUT2D eigenvalue weighted by Gasteiger charge is -2.32. The van der Waals surface area contributed by atoms with Crippen LogP contribution in [-0.2, 0) is 14.8 Å². The van der Waals surface area contributed by atoms with Crippen molar-refractivity contribution in [2.75, 3.05) is 19.6 Å². The minimum atomic E-state index is -3.81. The van der Waals surface area contributed by atoms with Crippen LogP contribution in [0.4, 0.5) is 0 Å². The molecule has 0 aromatic carbocycles. The molecule has 2 heterocycles.